The summed E-state index contributed by atoms with van der Waals surface area (Å²) < 4.78 is 16.7. The van der Waals surface area contributed by atoms with Crippen molar-refractivity contribution in [2.75, 3.05) is 26.1 Å². The van der Waals surface area contributed by atoms with Gasteiger partial charge in [0.25, 0.3) is 0 Å². The maximum atomic E-state index is 7.00. The van der Waals surface area contributed by atoms with Gasteiger partial charge in [-0.2, -0.15) is 0 Å². The molecule has 0 saturated carbocycles. The SMILES string of the molecule is CO.COc1cccc(OC)c1-n1c(NSC(C)Cc2nc(C)c(C)s2)nnc1-c1cncc(C)c1. The second-order valence-electron chi connectivity index (χ2n) is 7.93. The van der Waals surface area contributed by atoms with E-state index in [1.165, 1.54) is 4.88 Å². The van der Waals surface area contributed by atoms with E-state index in [9.17, 15) is 0 Å². The zero-order chi connectivity index (χ0) is 26.2. The number of thiazole rings is 1. The number of para-hydroxylation sites is 1. The Hall–Kier alpha value is -3.15. The summed E-state index contributed by atoms with van der Waals surface area (Å²) in [6.07, 6.45) is 4.45. The van der Waals surface area contributed by atoms with Crippen molar-refractivity contribution < 1.29 is 14.6 Å². The first-order valence-electron chi connectivity index (χ1n) is 11.3. The molecular formula is C25H32N6O3S2. The number of rotatable bonds is 9. The van der Waals surface area contributed by atoms with Gasteiger partial charge in [0, 0.05) is 41.6 Å². The number of nitrogens with one attached hydrogen (secondary N) is 1. The third kappa shape index (κ3) is 6.15. The summed E-state index contributed by atoms with van der Waals surface area (Å²) in [4.78, 5) is 10.3. The number of anilines is 1. The number of aliphatic hydroxyl groups excluding tert-OH is 1. The highest BCUT2D eigenvalue weighted by Gasteiger charge is 2.23. The van der Waals surface area contributed by atoms with Crippen LogP contribution in [0.2, 0.25) is 0 Å². The molecule has 0 spiro atoms. The fraction of sp³-hybridized carbons (Fsp3) is 0.360. The van der Waals surface area contributed by atoms with Crippen LogP contribution in [0.3, 0.4) is 0 Å². The highest BCUT2D eigenvalue weighted by molar-refractivity contribution is 8.01. The van der Waals surface area contributed by atoms with Crippen LogP contribution in [0.25, 0.3) is 17.1 Å². The molecular weight excluding hydrogens is 496 g/mol. The number of aliphatic hydroxyl groups is 1. The Labute approximate surface area is 220 Å². The van der Waals surface area contributed by atoms with Crippen LogP contribution in [0.1, 0.15) is 28.1 Å². The monoisotopic (exact) mass is 528 g/mol. The average Bonchev–Trinajstić information content (AvgIpc) is 3.45. The maximum absolute atomic E-state index is 7.00. The minimum absolute atomic E-state index is 0.263. The van der Waals surface area contributed by atoms with Crippen molar-refractivity contribution in [3.8, 4) is 28.6 Å². The molecule has 1 atom stereocenters. The average molecular weight is 529 g/mol. The second-order valence-corrected chi connectivity index (χ2v) is 10.5. The molecule has 0 saturated heterocycles. The number of ether oxygens (including phenoxy) is 2. The van der Waals surface area contributed by atoms with E-state index in [-0.39, 0.29) is 5.25 Å². The highest BCUT2D eigenvalue weighted by atomic mass is 32.2. The van der Waals surface area contributed by atoms with E-state index < -0.39 is 0 Å². The third-order valence-electron chi connectivity index (χ3n) is 5.31. The van der Waals surface area contributed by atoms with Crippen molar-refractivity contribution in [2.24, 2.45) is 0 Å². The Balaban J connectivity index is 0.00000176. The molecule has 3 heterocycles. The Morgan fingerprint density at radius 3 is 2.36 bits per heavy atom. The third-order valence-corrected chi connectivity index (χ3v) is 7.27. The smallest absolute Gasteiger partial charge is 0.239 e. The number of hydrogen-bond acceptors (Lipinski definition) is 10. The van der Waals surface area contributed by atoms with Gasteiger partial charge in [-0.15, -0.1) is 21.5 Å². The lowest BCUT2D eigenvalue weighted by molar-refractivity contribution is 0.391. The molecule has 0 aliphatic heterocycles. The quantitative estimate of drug-likeness (QED) is 0.289. The van der Waals surface area contributed by atoms with Gasteiger partial charge >= 0.3 is 0 Å². The van der Waals surface area contributed by atoms with Crippen molar-refractivity contribution in [1.82, 2.24) is 24.7 Å². The molecule has 11 heteroatoms. The number of benzene rings is 1. The molecule has 0 fully saturated rings. The molecule has 9 nitrogen and oxygen atoms in total. The largest absolute Gasteiger partial charge is 0.494 e. The van der Waals surface area contributed by atoms with E-state index in [0.717, 1.165) is 41.0 Å². The molecule has 4 rings (SSSR count). The topological polar surface area (TPSA) is 107 Å². The molecule has 1 aromatic carbocycles. The number of aryl methyl sites for hydroxylation is 3. The van der Waals surface area contributed by atoms with Crippen molar-refractivity contribution >= 4 is 29.2 Å². The molecule has 36 heavy (non-hydrogen) atoms. The van der Waals surface area contributed by atoms with Gasteiger partial charge in [-0.25, -0.2) is 4.98 Å². The number of methoxy groups -OCH3 is 2. The number of nitrogens with zero attached hydrogens (tertiary/aromatic N) is 5. The summed E-state index contributed by atoms with van der Waals surface area (Å²) in [6.45, 7) is 8.33. The van der Waals surface area contributed by atoms with E-state index in [1.807, 2.05) is 42.0 Å². The van der Waals surface area contributed by atoms with Crippen LogP contribution in [0, 0.1) is 20.8 Å². The van der Waals surface area contributed by atoms with Gasteiger partial charge < -0.3 is 14.6 Å². The Morgan fingerprint density at radius 1 is 1.08 bits per heavy atom. The standard InChI is InChI=1S/C24H28N6O2S2.CH4O/c1-14-10-18(13-25-12-14)23-27-28-24(29-34-15(2)11-21-26-16(3)17(4)33-21)30(23)22-19(31-5)8-7-9-20(22)32-6;1-2/h7-10,12-13,15H,11H2,1-6H3,(H,28,29);2H,1H3. The molecule has 1 unspecified atom stereocenters. The fourth-order valence-corrected chi connectivity index (χ4v) is 5.39. The van der Waals surface area contributed by atoms with E-state index in [2.05, 4.69) is 45.7 Å². The van der Waals surface area contributed by atoms with Crippen LogP contribution in [-0.2, 0) is 6.42 Å². The normalized spacial score (nSPS) is 11.4. The second kappa shape index (κ2) is 12.7. The maximum Gasteiger partial charge on any atom is 0.239 e. The van der Waals surface area contributed by atoms with Crippen LogP contribution in [0.5, 0.6) is 11.5 Å². The first-order valence-corrected chi connectivity index (χ1v) is 13.0. The first kappa shape index (κ1) is 27.4. The lowest BCUT2D eigenvalue weighted by Gasteiger charge is -2.18. The summed E-state index contributed by atoms with van der Waals surface area (Å²) in [7, 11) is 4.27. The number of aromatic nitrogens is 5. The fourth-order valence-electron chi connectivity index (χ4n) is 3.55. The molecule has 0 aliphatic rings. The first-order chi connectivity index (χ1) is 17.4. The predicted molar refractivity (Wildman–Crippen MR) is 147 cm³/mol. The van der Waals surface area contributed by atoms with Gasteiger partial charge in [0.15, 0.2) is 5.82 Å². The minimum Gasteiger partial charge on any atom is -0.494 e. The summed E-state index contributed by atoms with van der Waals surface area (Å²) in [6, 6.07) is 7.70. The Kier molecular flexibility index (Phi) is 9.68. The van der Waals surface area contributed by atoms with Crippen molar-refractivity contribution in [2.45, 2.75) is 39.4 Å². The summed E-state index contributed by atoms with van der Waals surface area (Å²) >= 11 is 3.33. The zero-order valence-corrected chi connectivity index (χ0v) is 23.2. The highest BCUT2D eigenvalue weighted by Crippen LogP contribution is 2.38. The van der Waals surface area contributed by atoms with Gasteiger partial charge in [0.05, 0.1) is 24.9 Å². The van der Waals surface area contributed by atoms with E-state index in [1.54, 1.807) is 43.7 Å². The molecule has 0 amide bonds. The van der Waals surface area contributed by atoms with Crippen LogP contribution < -0.4 is 14.2 Å². The molecule has 0 radical (unpaired) electrons. The molecule has 2 N–H and O–H groups in total. The van der Waals surface area contributed by atoms with E-state index >= 15 is 0 Å². The van der Waals surface area contributed by atoms with Crippen molar-refractivity contribution in [3.05, 3.63) is 57.8 Å². The van der Waals surface area contributed by atoms with Gasteiger partial charge in [-0.3, -0.25) is 14.3 Å². The molecule has 0 bridgehead atoms. The Bertz CT molecular complexity index is 1250. The van der Waals surface area contributed by atoms with Gasteiger partial charge in [0.2, 0.25) is 5.95 Å². The van der Waals surface area contributed by atoms with E-state index in [0.29, 0.717) is 23.3 Å². The summed E-state index contributed by atoms with van der Waals surface area (Å²) in [5.74, 6) is 2.51. The van der Waals surface area contributed by atoms with Crippen LogP contribution >= 0.6 is 23.3 Å². The van der Waals surface area contributed by atoms with Crippen LogP contribution in [0.4, 0.5) is 5.95 Å². The van der Waals surface area contributed by atoms with Crippen molar-refractivity contribution in [3.63, 3.8) is 0 Å². The molecule has 3 aromatic heterocycles. The molecule has 4 aromatic rings. The van der Waals surface area contributed by atoms with E-state index in [4.69, 9.17) is 14.6 Å². The van der Waals surface area contributed by atoms with Crippen LogP contribution in [-0.4, -0.2) is 56.4 Å². The summed E-state index contributed by atoms with van der Waals surface area (Å²) in [5, 5.41) is 17.4. The predicted octanol–water partition coefficient (Wildman–Crippen LogP) is 5.03. The van der Waals surface area contributed by atoms with Crippen LogP contribution in [0.15, 0.2) is 36.7 Å². The number of pyridine rings is 1. The van der Waals surface area contributed by atoms with Gasteiger partial charge in [-0.1, -0.05) is 13.0 Å². The Morgan fingerprint density at radius 2 is 1.78 bits per heavy atom. The number of hydrogen-bond donors (Lipinski definition) is 2. The van der Waals surface area contributed by atoms with Gasteiger partial charge in [0.1, 0.15) is 17.2 Å². The lowest BCUT2D eigenvalue weighted by atomic mass is 10.2. The minimum atomic E-state index is 0.263. The van der Waals surface area contributed by atoms with Gasteiger partial charge in [-0.05, 0) is 56.5 Å². The molecule has 192 valence electrons. The van der Waals surface area contributed by atoms with Crippen molar-refractivity contribution in [1.29, 1.82) is 0 Å². The lowest BCUT2D eigenvalue weighted by Crippen LogP contribution is -2.10. The summed E-state index contributed by atoms with van der Waals surface area (Å²) in [5.41, 5.74) is 3.70. The molecule has 0 aliphatic carbocycles. The zero-order valence-electron chi connectivity index (χ0n) is 21.6.